The van der Waals surface area contributed by atoms with Gasteiger partial charge in [-0.05, 0) is 48.6 Å². The van der Waals surface area contributed by atoms with Gasteiger partial charge in [-0.15, -0.1) is 0 Å². The summed E-state index contributed by atoms with van der Waals surface area (Å²) < 4.78 is 5.31. The van der Waals surface area contributed by atoms with Crippen LogP contribution in [0.5, 0.6) is 5.75 Å². The minimum atomic E-state index is -0.163. The highest BCUT2D eigenvalue weighted by Gasteiger charge is 2.44. The van der Waals surface area contributed by atoms with E-state index in [9.17, 15) is 9.59 Å². The summed E-state index contributed by atoms with van der Waals surface area (Å²) in [7, 11) is 1.55. The lowest BCUT2D eigenvalue weighted by Gasteiger charge is -2.12. The van der Waals surface area contributed by atoms with Crippen molar-refractivity contribution in [2.75, 3.05) is 17.7 Å². The van der Waals surface area contributed by atoms with Crippen molar-refractivity contribution >= 4 is 23.2 Å². The Labute approximate surface area is 147 Å². The van der Waals surface area contributed by atoms with Crippen LogP contribution < -0.4 is 15.4 Å². The van der Waals surface area contributed by atoms with Crippen LogP contribution in [0.1, 0.15) is 30.4 Å². The fourth-order valence-electron chi connectivity index (χ4n) is 3.14. The molecule has 0 heterocycles. The zero-order valence-corrected chi connectivity index (χ0v) is 14.6. The lowest BCUT2D eigenvalue weighted by Crippen LogP contribution is -2.16. The number of carbonyl (C=O) groups excluding carboxylic acids is 2. The number of hydrogen-bond acceptors (Lipinski definition) is 3. The lowest BCUT2D eigenvalue weighted by molar-refractivity contribution is -0.117. The second-order valence-corrected chi connectivity index (χ2v) is 6.39. The fraction of sp³-hybridized carbons (Fsp3) is 0.300. The number of rotatable bonds is 5. The minimum absolute atomic E-state index is 0.0217. The van der Waals surface area contributed by atoms with Crippen molar-refractivity contribution in [2.24, 2.45) is 5.92 Å². The first-order valence-corrected chi connectivity index (χ1v) is 8.31. The molecule has 1 aliphatic rings. The molecule has 2 N–H and O–H groups in total. The molecule has 3 rings (SSSR count). The van der Waals surface area contributed by atoms with Crippen LogP contribution in [0.15, 0.2) is 42.5 Å². The van der Waals surface area contributed by atoms with Gasteiger partial charge in [-0.3, -0.25) is 9.59 Å². The summed E-state index contributed by atoms with van der Waals surface area (Å²) in [5.74, 6) is 0.618. The Morgan fingerprint density at radius 1 is 1.12 bits per heavy atom. The number of amides is 2. The van der Waals surface area contributed by atoms with Crippen LogP contribution in [0.2, 0.25) is 0 Å². The van der Waals surface area contributed by atoms with E-state index in [4.69, 9.17) is 4.74 Å². The maximum atomic E-state index is 12.6. The number of carbonyl (C=O) groups is 2. The van der Waals surface area contributed by atoms with E-state index < -0.39 is 0 Å². The van der Waals surface area contributed by atoms with Crippen molar-refractivity contribution < 1.29 is 14.3 Å². The molecule has 1 aliphatic carbocycles. The molecule has 1 fully saturated rings. The molecule has 0 unspecified atom stereocenters. The van der Waals surface area contributed by atoms with Crippen molar-refractivity contribution in [2.45, 2.75) is 26.2 Å². The smallest absolute Gasteiger partial charge is 0.228 e. The molecule has 2 amide bonds. The fourth-order valence-corrected chi connectivity index (χ4v) is 3.14. The Hall–Kier alpha value is -2.82. The van der Waals surface area contributed by atoms with Gasteiger partial charge < -0.3 is 15.4 Å². The van der Waals surface area contributed by atoms with Crippen molar-refractivity contribution in [1.82, 2.24) is 0 Å². The van der Waals surface area contributed by atoms with E-state index in [-0.39, 0.29) is 23.7 Å². The maximum Gasteiger partial charge on any atom is 0.228 e. The van der Waals surface area contributed by atoms with Crippen LogP contribution in [-0.2, 0) is 9.59 Å². The average molecular weight is 338 g/mol. The van der Waals surface area contributed by atoms with Crippen LogP contribution >= 0.6 is 0 Å². The Morgan fingerprint density at radius 2 is 1.88 bits per heavy atom. The molecule has 5 heteroatoms. The topological polar surface area (TPSA) is 67.4 Å². The highest BCUT2D eigenvalue weighted by molar-refractivity contribution is 5.98. The zero-order chi connectivity index (χ0) is 18.0. The molecule has 0 bridgehead atoms. The molecule has 25 heavy (non-hydrogen) atoms. The molecule has 5 nitrogen and oxygen atoms in total. The summed E-state index contributed by atoms with van der Waals surface area (Å²) in [6.45, 7) is 3.52. The molecule has 0 radical (unpaired) electrons. The van der Waals surface area contributed by atoms with Crippen LogP contribution in [0.25, 0.3) is 0 Å². The van der Waals surface area contributed by atoms with Gasteiger partial charge in [0.25, 0.3) is 0 Å². The molecule has 1 saturated carbocycles. The third-order valence-corrected chi connectivity index (χ3v) is 4.49. The number of aryl methyl sites for hydroxylation is 1. The zero-order valence-electron chi connectivity index (χ0n) is 14.6. The Morgan fingerprint density at radius 3 is 2.56 bits per heavy atom. The largest absolute Gasteiger partial charge is 0.495 e. The molecular formula is C20H22N2O3. The number of anilines is 2. The number of benzene rings is 2. The van der Waals surface area contributed by atoms with Gasteiger partial charge in [0.1, 0.15) is 5.75 Å². The summed E-state index contributed by atoms with van der Waals surface area (Å²) >= 11 is 0. The van der Waals surface area contributed by atoms with Crippen LogP contribution in [-0.4, -0.2) is 18.9 Å². The Balaban J connectivity index is 1.73. The summed E-state index contributed by atoms with van der Waals surface area (Å²) in [6.07, 6.45) is 0.852. The maximum absolute atomic E-state index is 12.6. The van der Waals surface area contributed by atoms with Crippen molar-refractivity contribution in [3.05, 3.63) is 53.6 Å². The predicted molar refractivity (Wildman–Crippen MR) is 98.0 cm³/mol. The van der Waals surface area contributed by atoms with Crippen molar-refractivity contribution in [3.63, 3.8) is 0 Å². The number of nitrogens with one attached hydrogen (secondary N) is 2. The molecule has 0 spiro atoms. The molecule has 0 saturated heterocycles. The lowest BCUT2D eigenvalue weighted by atomic mass is 10.0. The third kappa shape index (κ3) is 3.82. The van der Waals surface area contributed by atoms with E-state index >= 15 is 0 Å². The first-order valence-electron chi connectivity index (χ1n) is 8.31. The van der Waals surface area contributed by atoms with E-state index in [1.807, 2.05) is 12.1 Å². The van der Waals surface area contributed by atoms with Gasteiger partial charge in [-0.2, -0.15) is 0 Å². The first kappa shape index (κ1) is 17.0. The van der Waals surface area contributed by atoms with Gasteiger partial charge in [0.15, 0.2) is 0 Å². The summed E-state index contributed by atoms with van der Waals surface area (Å²) in [4.78, 5) is 23.8. The minimum Gasteiger partial charge on any atom is -0.495 e. The summed E-state index contributed by atoms with van der Waals surface area (Å²) in [6, 6.07) is 13.4. The second-order valence-electron chi connectivity index (χ2n) is 6.39. The third-order valence-electron chi connectivity index (χ3n) is 4.49. The van der Waals surface area contributed by atoms with Gasteiger partial charge in [0, 0.05) is 18.5 Å². The average Bonchev–Trinajstić information content (AvgIpc) is 3.35. The van der Waals surface area contributed by atoms with Gasteiger partial charge in [-0.25, -0.2) is 0 Å². The Bertz CT molecular complexity index is 816. The number of hydrogen-bond donors (Lipinski definition) is 2. The standard InChI is InChI=1S/C20H22N2O3/c1-12-6-4-5-7-15(12)16-11-17(16)20(24)22-18-10-14(21-13(2)23)8-9-19(18)25-3/h4-10,16-17H,11H2,1-3H3,(H,21,23)(H,22,24)/t16-,17+/m0/s1. The van der Waals surface area contributed by atoms with Gasteiger partial charge in [-0.1, -0.05) is 24.3 Å². The second kappa shape index (κ2) is 6.97. The number of ether oxygens (including phenoxy) is 1. The molecule has 130 valence electrons. The molecule has 0 aromatic heterocycles. The summed E-state index contributed by atoms with van der Waals surface area (Å²) in [5, 5.41) is 5.65. The molecule has 2 aromatic carbocycles. The number of methoxy groups -OCH3 is 1. The van der Waals surface area contributed by atoms with Gasteiger partial charge in [0.2, 0.25) is 11.8 Å². The van der Waals surface area contributed by atoms with E-state index in [2.05, 4.69) is 29.7 Å². The SMILES string of the molecule is COc1ccc(NC(C)=O)cc1NC(=O)[C@@H]1C[C@H]1c1ccccc1C. The highest BCUT2D eigenvalue weighted by Crippen LogP contribution is 2.49. The Kier molecular flexibility index (Phi) is 4.74. The predicted octanol–water partition coefficient (Wildman–Crippen LogP) is 3.70. The van der Waals surface area contributed by atoms with Gasteiger partial charge in [0.05, 0.1) is 12.8 Å². The van der Waals surface area contributed by atoms with Crippen LogP contribution in [0.3, 0.4) is 0 Å². The quantitative estimate of drug-likeness (QED) is 0.873. The molecule has 2 aromatic rings. The molecule has 2 atom stereocenters. The van der Waals surface area contributed by atoms with Crippen LogP contribution in [0.4, 0.5) is 11.4 Å². The van der Waals surface area contributed by atoms with Crippen LogP contribution in [0, 0.1) is 12.8 Å². The summed E-state index contributed by atoms with van der Waals surface area (Å²) in [5.41, 5.74) is 3.64. The van der Waals surface area contributed by atoms with E-state index in [0.29, 0.717) is 17.1 Å². The van der Waals surface area contributed by atoms with Crippen molar-refractivity contribution in [3.8, 4) is 5.75 Å². The van der Waals surface area contributed by atoms with E-state index in [1.165, 1.54) is 18.1 Å². The van der Waals surface area contributed by atoms with Gasteiger partial charge >= 0.3 is 0 Å². The molecular weight excluding hydrogens is 316 g/mol. The first-order chi connectivity index (χ1) is 12.0. The monoisotopic (exact) mass is 338 g/mol. The molecule has 0 aliphatic heterocycles. The van der Waals surface area contributed by atoms with E-state index in [1.54, 1.807) is 25.3 Å². The van der Waals surface area contributed by atoms with E-state index in [0.717, 1.165) is 6.42 Å². The normalized spacial score (nSPS) is 18.4. The van der Waals surface area contributed by atoms with Crippen molar-refractivity contribution in [1.29, 1.82) is 0 Å². The highest BCUT2D eigenvalue weighted by atomic mass is 16.5.